The molecule has 0 bridgehead atoms. The lowest BCUT2D eigenvalue weighted by Gasteiger charge is -2.39. The third-order valence-corrected chi connectivity index (χ3v) is 5.47. The molecule has 1 N–H and O–H groups in total. The molecule has 140 valence electrons. The minimum Gasteiger partial charge on any atom is -0.329 e. The summed E-state index contributed by atoms with van der Waals surface area (Å²) in [6.07, 6.45) is 4.30. The first-order valence-electron chi connectivity index (χ1n) is 9.37. The number of pyridine rings is 1. The quantitative estimate of drug-likeness (QED) is 0.791. The zero-order valence-corrected chi connectivity index (χ0v) is 15.4. The molecule has 1 aliphatic carbocycles. The van der Waals surface area contributed by atoms with Gasteiger partial charge in [0.15, 0.2) is 5.82 Å². The van der Waals surface area contributed by atoms with E-state index in [0.29, 0.717) is 24.9 Å². The number of amides is 1. The Morgan fingerprint density at radius 1 is 1.26 bits per heavy atom. The van der Waals surface area contributed by atoms with Crippen molar-refractivity contribution >= 4 is 5.91 Å². The van der Waals surface area contributed by atoms with Crippen molar-refractivity contribution < 1.29 is 4.79 Å². The second-order valence-corrected chi connectivity index (χ2v) is 7.00. The summed E-state index contributed by atoms with van der Waals surface area (Å²) in [7, 11) is 0. The number of hydrogen-bond donors (Lipinski definition) is 1. The van der Waals surface area contributed by atoms with Crippen LogP contribution in [0.3, 0.4) is 0 Å². The highest BCUT2D eigenvalue weighted by molar-refractivity contribution is 5.93. The highest BCUT2D eigenvalue weighted by Gasteiger charge is 2.31. The second-order valence-electron chi connectivity index (χ2n) is 7.00. The molecule has 1 fully saturated rings. The van der Waals surface area contributed by atoms with E-state index in [4.69, 9.17) is 0 Å². The summed E-state index contributed by atoms with van der Waals surface area (Å²) in [5.41, 5.74) is 1.89. The van der Waals surface area contributed by atoms with E-state index in [1.165, 1.54) is 0 Å². The number of nitrogens with zero attached hydrogens (tertiary/aromatic N) is 4. The average molecular weight is 365 g/mol. The summed E-state index contributed by atoms with van der Waals surface area (Å²) in [5.74, 6) is 5.82. The maximum absolute atomic E-state index is 12.9. The van der Waals surface area contributed by atoms with E-state index < -0.39 is 0 Å². The van der Waals surface area contributed by atoms with E-state index in [0.717, 1.165) is 43.6 Å². The first-order chi connectivity index (χ1) is 13.2. The van der Waals surface area contributed by atoms with Crippen LogP contribution in [0.4, 0.5) is 0 Å². The third-order valence-electron chi connectivity index (χ3n) is 5.47. The number of aryl methyl sites for hydroxylation is 1. The van der Waals surface area contributed by atoms with Crippen LogP contribution in [0.25, 0.3) is 5.82 Å². The Balaban J connectivity index is 1.46. The van der Waals surface area contributed by atoms with Crippen molar-refractivity contribution in [3.8, 4) is 17.7 Å². The van der Waals surface area contributed by atoms with Crippen LogP contribution in [0, 0.1) is 11.8 Å². The molecule has 1 atom stereocenters. The number of piperazine rings is 1. The Morgan fingerprint density at radius 2 is 2.07 bits per heavy atom. The fraction of sp³-hybridized carbons (Fsp3) is 0.450. The molecule has 2 aromatic heterocycles. The van der Waals surface area contributed by atoms with Gasteiger partial charge in [-0.3, -0.25) is 19.6 Å². The molecule has 7 heteroatoms. The zero-order chi connectivity index (χ0) is 18.8. The number of fused-ring (bicyclic) bond motifs is 1. The first kappa shape index (κ1) is 17.6. The van der Waals surface area contributed by atoms with Gasteiger partial charge in [0, 0.05) is 49.7 Å². The molecule has 7 nitrogen and oxygen atoms in total. The maximum atomic E-state index is 12.9. The number of carbonyl (C=O) groups excluding carboxylic acids is 1. The molecule has 3 heterocycles. The number of carbonyl (C=O) groups is 1. The van der Waals surface area contributed by atoms with Crippen molar-refractivity contribution in [3.05, 3.63) is 46.0 Å². The van der Waals surface area contributed by atoms with Crippen LogP contribution in [0.1, 0.15) is 24.6 Å². The lowest BCUT2D eigenvalue weighted by atomic mass is 9.92. The van der Waals surface area contributed by atoms with Gasteiger partial charge in [-0.1, -0.05) is 12.0 Å². The van der Waals surface area contributed by atoms with Crippen molar-refractivity contribution in [3.63, 3.8) is 0 Å². The smallest absolute Gasteiger partial charge is 0.298 e. The lowest BCUT2D eigenvalue weighted by molar-refractivity contribution is -0.127. The number of rotatable bonds is 2. The van der Waals surface area contributed by atoms with E-state index in [2.05, 4.69) is 26.8 Å². The van der Waals surface area contributed by atoms with Crippen LogP contribution in [0.2, 0.25) is 0 Å². The van der Waals surface area contributed by atoms with Crippen LogP contribution in [-0.4, -0.2) is 62.7 Å². The van der Waals surface area contributed by atoms with E-state index in [1.807, 2.05) is 23.1 Å². The average Bonchev–Trinajstić information content (AvgIpc) is 3.05. The number of nitrogens with one attached hydrogen (secondary N) is 1. The van der Waals surface area contributed by atoms with Gasteiger partial charge in [0.1, 0.15) is 0 Å². The Kier molecular flexibility index (Phi) is 4.82. The SMILES string of the molecule is CC#CC(=O)N1CCN(C2CCc3[nH]n(-c4ccccn4)c(=O)c3C2)CC1. The highest BCUT2D eigenvalue weighted by atomic mass is 16.2. The monoisotopic (exact) mass is 365 g/mol. The van der Waals surface area contributed by atoms with Crippen molar-refractivity contribution in [1.29, 1.82) is 0 Å². The summed E-state index contributed by atoms with van der Waals surface area (Å²) in [4.78, 5) is 33.3. The molecule has 1 amide bonds. The van der Waals surface area contributed by atoms with Gasteiger partial charge in [0.05, 0.1) is 0 Å². The van der Waals surface area contributed by atoms with Gasteiger partial charge in [0.2, 0.25) is 0 Å². The van der Waals surface area contributed by atoms with Gasteiger partial charge in [-0.25, -0.2) is 9.67 Å². The van der Waals surface area contributed by atoms with Gasteiger partial charge >= 0.3 is 0 Å². The number of aromatic nitrogens is 3. The number of H-pyrrole nitrogens is 1. The van der Waals surface area contributed by atoms with Crippen LogP contribution in [0.15, 0.2) is 29.2 Å². The van der Waals surface area contributed by atoms with Crippen molar-refractivity contribution in [2.75, 3.05) is 26.2 Å². The Labute approximate surface area is 158 Å². The van der Waals surface area contributed by atoms with Crippen LogP contribution < -0.4 is 5.56 Å². The van der Waals surface area contributed by atoms with Gasteiger partial charge in [0.25, 0.3) is 11.5 Å². The van der Waals surface area contributed by atoms with Gasteiger partial charge in [-0.15, -0.1) is 0 Å². The van der Waals surface area contributed by atoms with Crippen LogP contribution >= 0.6 is 0 Å². The van der Waals surface area contributed by atoms with Crippen molar-refractivity contribution in [1.82, 2.24) is 24.6 Å². The third kappa shape index (κ3) is 3.40. The number of hydrogen-bond acceptors (Lipinski definition) is 4. The molecule has 0 saturated carbocycles. The lowest BCUT2D eigenvalue weighted by Crippen LogP contribution is -2.53. The van der Waals surface area contributed by atoms with Crippen molar-refractivity contribution in [2.24, 2.45) is 0 Å². The molecule has 2 aromatic rings. The first-order valence-corrected chi connectivity index (χ1v) is 9.37. The standard InChI is InChI=1S/C20H23N5O2/c1-2-5-19(26)24-12-10-23(11-13-24)15-7-8-17-16(14-15)20(27)25(22-17)18-6-3-4-9-21-18/h3-4,6,9,15,22H,7-8,10-14H2,1H3. The molecule has 1 saturated heterocycles. The van der Waals surface area contributed by atoms with Gasteiger partial charge in [-0.05, 0) is 44.2 Å². The predicted molar refractivity (Wildman–Crippen MR) is 102 cm³/mol. The van der Waals surface area contributed by atoms with E-state index in [-0.39, 0.29) is 11.5 Å². The summed E-state index contributed by atoms with van der Waals surface area (Å²) in [6.45, 7) is 4.73. The number of aromatic amines is 1. The fourth-order valence-electron chi connectivity index (χ4n) is 4.02. The molecule has 0 aromatic carbocycles. The molecule has 4 rings (SSSR count). The van der Waals surface area contributed by atoms with E-state index >= 15 is 0 Å². The van der Waals surface area contributed by atoms with Crippen molar-refractivity contribution in [2.45, 2.75) is 32.2 Å². The zero-order valence-electron chi connectivity index (χ0n) is 15.4. The molecule has 2 aliphatic rings. The Morgan fingerprint density at radius 3 is 2.78 bits per heavy atom. The Bertz CT molecular complexity index is 942. The predicted octanol–water partition coefficient (Wildman–Crippen LogP) is 0.585. The topological polar surface area (TPSA) is 74.2 Å². The Hall–Kier alpha value is -2.85. The summed E-state index contributed by atoms with van der Waals surface area (Å²) in [6, 6.07) is 5.88. The minimum atomic E-state index is -0.0908. The normalized spacial score (nSPS) is 19.9. The van der Waals surface area contributed by atoms with Gasteiger partial charge < -0.3 is 4.90 Å². The second kappa shape index (κ2) is 7.41. The molecular formula is C20H23N5O2. The molecule has 0 radical (unpaired) electrons. The highest BCUT2D eigenvalue weighted by Crippen LogP contribution is 2.23. The summed E-state index contributed by atoms with van der Waals surface area (Å²) in [5, 5.41) is 3.23. The van der Waals surface area contributed by atoms with Gasteiger partial charge in [-0.2, -0.15) is 0 Å². The largest absolute Gasteiger partial charge is 0.329 e. The molecular weight excluding hydrogens is 342 g/mol. The molecule has 27 heavy (non-hydrogen) atoms. The van der Waals surface area contributed by atoms with E-state index in [9.17, 15) is 9.59 Å². The molecule has 1 aliphatic heterocycles. The summed E-state index contributed by atoms with van der Waals surface area (Å²) < 4.78 is 1.55. The maximum Gasteiger partial charge on any atom is 0.298 e. The van der Waals surface area contributed by atoms with Crippen LogP contribution in [0.5, 0.6) is 0 Å². The fourth-order valence-corrected chi connectivity index (χ4v) is 4.02. The molecule has 1 unspecified atom stereocenters. The molecule has 0 spiro atoms. The van der Waals surface area contributed by atoms with E-state index in [1.54, 1.807) is 17.8 Å². The minimum absolute atomic E-state index is 0.000402. The summed E-state index contributed by atoms with van der Waals surface area (Å²) >= 11 is 0. The van der Waals surface area contributed by atoms with Crippen LogP contribution in [-0.2, 0) is 17.6 Å².